The maximum Gasteiger partial charge on any atom is 0.271 e. The zero-order valence-electron chi connectivity index (χ0n) is 12.1. The molecule has 1 heterocycles. The average Bonchev–Trinajstić information content (AvgIpc) is 2.81. The highest BCUT2D eigenvalue weighted by atomic mass is 16.2. The molecular formula is C14H22N4O2. The number of amides is 2. The van der Waals surface area contributed by atoms with Gasteiger partial charge in [0.1, 0.15) is 5.82 Å². The number of hydrogen-bond donors (Lipinski definition) is 2. The van der Waals surface area contributed by atoms with Gasteiger partial charge in [0, 0.05) is 25.6 Å². The highest BCUT2D eigenvalue weighted by Crippen LogP contribution is 2.25. The topological polar surface area (TPSA) is 76.0 Å². The number of carbonyl (C=O) groups excluding carboxylic acids is 2. The minimum absolute atomic E-state index is 0.0372. The first kappa shape index (κ1) is 14.6. The van der Waals surface area contributed by atoms with Crippen molar-refractivity contribution in [3.05, 3.63) is 11.8 Å². The van der Waals surface area contributed by atoms with Gasteiger partial charge in [0.2, 0.25) is 5.91 Å². The molecule has 1 aliphatic carbocycles. The number of anilines is 1. The summed E-state index contributed by atoms with van der Waals surface area (Å²) in [4.78, 5) is 23.9. The van der Waals surface area contributed by atoms with E-state index in [1.165, 1.54) is 11.1 Å². The summed E-state index contributed by atoms with van der Waals surface area (Å²) in [7, 11) is 1.72. The van der Waals surface area contributed by atoms with Crippen LogP contribution in [-0.2, 0) is 11.8 Å². The quantitative estimate of drug-likeness (QED) is 0.880. The molecule has 6 heteroatoms. The minimum atomic E-state index is -0.221. The van der Waals surface area contributed by atoms with E-state index in [4.69, 9.17) is 0 Å². The fourth-order valence-corrected chi connectivity index (χ4v) is 2.54. The van der Waals surface area contributed by atoms with Crippen LogP contribution in [0.15, 0.2) is 6.07 Å². The fraction of sp³-hybridized carbons (Fsp3) is 0.643. The summed E-state index contributed by atoms with van der Waals surface area (Å²) in [5, 5.41) is 9.69. The molecule has 1 aliphatic rings. The van der Waals surface area contributed by atoms with E-state index in [1.54, 1.807) is 13.1 Å². The lowest BCUT2D eigenvalue weighted by Crippen LogP contribution is -2.25. The van der Waals surface area contributed by atoms with E-state index in [0.717, 1.165) is 25.7 Å². The standard InChI is InChI=1S/C14H22N4O2/c1-3-15-14(20)11-9-12(18(2)17-11)16-13(19)10-7-5-4-6-8-10/h9-10H,3-8H2,1-2H3,(H,15,20)(H,16,19). The van der Waals surface area contributed by atoms with Gasteiger partial charge in [-0.3, -0.25) is 14.3 Å². The van der Waals surface area contributed by atoms with Crippen molar-refractivity contribution in [1.29, 1.82) is 0 Å². The first-order chi connectivity index (χ1) is 9.61. The maximum atomic E-state index is 12.2. The Kier molecular flexibility index (Phi) is 4.76. The monoisotopic (exact) mass is 278 g/mol. The molecule has 0 saturated heterocycles. The Morgan fingerprint density at radius 3 is 2.70 bits per heavy atom. The van der Waals surface area contributed by atoms with Crippen molar-refractivity contribution >= 4 is 17.6 Å². The van der Waals surface area contributed by atoms with Crippen LogP contribution in [0.25, 0.3) is 0 Å². The summed E-state index contributed by atoms with van der Waals surface area (Å²) < 4.78 is 1.53. The molecule has 1 aromatic rings. The van der Waals surface area contributed by atoms with Gasteiger partial charge in [-0.2, -0.15) is 5.10 Å². The molecule has 6 nitrogen and oxygen atoms in total. The Hall–Kier alpha value is -1.85. The summed E-state index contributed by atoms with van der Waals surface area (Å²) in [6.07, 6.45) is 5.36. The van der Waals surface area contributed by atoms with E-state index in [9.17, 15) is 9.59 Å². The van der Waals surface area contributed by atoms with Crippen LogP contribution in [0.1, 0.15) is 49.5 Å². The van der Waals surface area contributed by atoms with Crippen molar-refractivity contribution in [3.8, 4) is 0 Å². The van der Waals surface area contributed by atoms with E-state index >= 15 is 0 Å². The molecule has 0 aliphatic heterocycles. The van der Waals surface area contributed by atoms with Crippen LogP contribution in [-0.4, -0.2) is 28.1 Å². The van der Waals surface area contributed by atoms with Crippen LogP contribution in [0.4, 0.5) is 5.82 Å². The molecule has 1 fully saturated rings. The molecule has 1 saturated carbocycles. The highest BCUT2D eigenvalue weighted by molar-refractivity contribution is 5.96. The number of hydrogen-bond acceptors (Lipinski definition) is 3. The van der Waals surface area contributed by atoms with Crippen LogP contribution in [0.2, 0.25) is 0 Å². The van der Waals surface area contributed by atoms with E-state index in [2.05, 4.69) is 15.7 Å². The third kappa shape index (κ3) is 3.37. The van der Waals surface area contributed by atoms with Gasteiger partial charge in [0.15, 0.2) is 5.69 Å². The number of rotatable bonds is 4. The minimum Gasteiger partial charge on any atom is -0.351 e. The third-order valence-electron chi connectivity index (χ3n) is 3.68. The van der Waals surface area contributed by atoms with Gasteiger partial charge in [-0.1, -0.05) is 19.3 Å². The summed E-state index contributed by atoms with van der Waals surface area (Å²) in [5.74, 6) is 0.477. The van der Waals surface area contributed by atoms with Crippen molar-refractivity contribution in [1.82, 2.24) is 15.1 Å². The predicted molar refractivity (Wildman–Crippen MR) is 76.4 cm³/mol. The predicted octanol–water partition coefficient (Wildman–Crippen LogP) is 1.69. The Balaban J connectivity index is 2.01. The van der Waals surface area contributed by atoms with Crippen LogP contribution in [0.5, 0.6) is 0 Å². The van der Waals surface area contributed by atoms with E-state index in [0.29, 0.717) is 18.1 Å². The van der Waals surface area contributed by atoms with Gasteiger partial charge in [-0.15, -0.1) is 0 Å². The summed E-state index contributed by atoms with van der Waals surface area (Å²) in [6.45, 7) is 2.41. The summed E-state index contributed by atoms with van der Waals surface area (Å²) in [5.41, 5.74) is 0.327. The van der Waals surface area contributed by atoms with Crippen LogP contribution >= 0.6 is 0 Å². The average molecular weight is 278 g/mol. The Morgan fingerprint density at radius 2 is 2.05 bits per heavy atom. The molecule has 1 aromatic heterocycles. The smallest absolute Gasteiger partial charge is 0.271 e. The Bertz CT molecular complexity index is 489. The van der Waals surface area contributed by atoms with Crippen molar-refractivity contribution in [2.45, 2.75) is 39.0 Å². The molecule has 20 heavy (non-hydrogen) atoms. The fourth-order valence-electron chi connectivity index (χ4n) is 2.54. The molecule has 110 valence electrons. The first-order valence-electron chi connectivity index (χ1n) is 7.25. The van der Waals surface area contributed by atoms with Crippen molar-refractivity contribution in [2.75, 3.05) is 11.9 Å². The maximum absolute atomic E-state index is 12.2. The normalized spacial score (nSPS) is 15.9. The second-order valence-corrected chi connectivity index (χ2v) is 5.22. The molecule has 2 amide bonds. The van der Waals surface area contributed by atoms with Gasteiger partial charge < -0.3 is 10.6 Å². The van der Waals surface area contributed by atoms with Gasteiger partial charge in [-0.05, 0) is 19.8 Å². The molecule has 0 aromatic carbocycles. The molecule has 2 rings (SSSR count). The van der Waals surface area contributed by atoms with E-state index in [-0.39, 0.29) is 17.7 Å². The molecule has 0 atom stereocenters. The zero-order chi connectivity index (χ0) is 14.5. The Labute approximate surface area is 118 Å². The second-order valence-electron chi connectivity index (χ2n) is 5.22. The summed E-state index contributed by atoms with van der Waals surface area (Å²) >= 11 is 0. The molecule has 0 radical (unpaired) electrons. The number of carbonyl (C=O) groups is 2. The summed E-state index contributed by atoms with van der Waals surface area (Å²) in [6, 6.07) is 1.62. The van der Waals surface area contributed by atoms with Crippen LogP contribution in [0.3, 0.4) is 0 Å². The first-order valence-corrected chi connectivity index (χ1v) is 7.25. The third-order valence-corrected chi connectivity index (χ3v) is 3.68. The Morgan fingerprint density at radius 1 is 1.35 bits per heavy atom. The van der Waals surface area contributed by atoms with Gasteiger partial charge in [0.05, 0.1) is 0 Å². The number of nitrogens with zero attached hydrogens (tertiary/aromatic N) is 2. The lowest BCUT2D eigenvalue weighted by atomic mass is 9.89. The lowest BCUT2D eigenvalue weighted by Gasteiger charge is -2.20. The van der Waals surface area contributed by atoms with Crippen LogP contribution in [0, 0.1) is 5.92 Å². The molecule has 2 N–H and O–H groups in total. The van der Waals surface area contributed by atoms with Crippen molar-refractivity contribution in [2.24, 2.45) is 13.0 Å². The van der Waals surface area contributed by atoms with Crippen molar-refractivity contribution < 1.29 is 9.59 Å². The van der Waals surface area contributed by atoms with Crippen LogP contribution < -0.4 is 10.6 Å². The van der Waals surface area contributed by atoms with Gasteiger partial charge in [0.25, 0.3) is 5.91 Å². The van der Waals surface area contributed by atoms with E-state index < -0.39 is 0 Å². The number of nitrogens with one attached hydrogen (secondary N) is 2. The lowest BCUT2D eigenvalue weighted by molar-refractivity contribution is -0.120. The largest absolute Gasteiger partial charge is 0.351 e. The van der Waals surface area contributed by atoms with Crippen molar-refractivity contribution in [3.63, 3.8) is 0 Å². The van der Waals surface area contributed by atoms with Gasteiger partial charge >= 0.3 is 0 Å². The number of aromatic nitrogens is 2. The molecule has 0 spiro atoms. The molecule has 0 unspecified atom stereocenters. The van der Waals surface area contributed by atoms with E-state index in [1.807, 2.05) is 6.92 Å². The zero-order valence-corrected chi connectivity index (χ0v) is 12.1. The number of aryl methyl sites for hydroxylation is 1. The second kappa shape index (κ2) is 6.54. The SMILES string of the molecule is CCNC(=O)c1cc(NC(=O)C2CCCCC2)n(C)n1. The van der Waals surface area contributed by atoms with Gasteiger partial charge in [-0.25, -0.2) is 0 Å². The molecular weight excluding hydrogens is 256 g/mol. The highest BCUT2D eigenvalue weighted by Gasteiger charge is 2.22. The molecule has 0 bridgehead atoms.